The van der Waals surface area contributed by atoms with Gasteiger partial charge in [-0.05, 0) is 30.9 Å². The highest BCUT2D eigenvalue weighted by atomic mass is 16.1. The third kappa shape index (κ3) is 3.33. The fourth-order valence-corrected chi connectivity index (χ4v) is 2.85. The molecule has 1 aliphatic carbocycles. The van der Waals surface area contributed by atoms with Gasteiger partial charge in [0.1, 0.15) is 0 Å². The molecular weight excluding hydrogens is 258 g/mol. The molecule has 2 aromatic carbocycles. The zero-order valence-electron chi connectivity index (χ0n) is 12.4. The van der Waals surface area contributed by atoms with Gasteiger partial charge in [0.15, 0.2) is 0 Å². The van der Waals surface area contributed by atoms with Crippen LogP contribution in [0, 0.1) is 6.92 Å². The van der Waals surface area contributed by atoms with Crippen molar-refractivity contribution in [2.24, 2.45) is 0 Å². The van der Waals surface area contributed by atoms with E-state index in [0.717, 1.165) is 12.1 Å². The molecule has 0 radical (unpaired) electrons. The smallest absolute Gasteiger partial charge is 0.224 e. The number of nitrogens with one attached hydrogen (secondary N) is 1. The van der Waals surface area contributed by atoms with E-state index in [1.165, 1.54) is 24.0 Å². The Morgan fingerprint density at radius 2 is 1.86 bits per heavy atom. The molecule has 1 N–H and O–H groups in total. The van der Waals surface area contributed by atoms with E-state index in [2.05, 4.69) is 48.6 Å². The Morgan fingerprint density at radius 3 is 2.52 bits per heavy atom. The second-order valence-electron chi connectivity index (χ2n) is 6.09. The van der Waals surface area contributed by atoms with E-state index in [-0.39, 0.29) is 11.3 Å². The Balaban J connectivity index is 1.57. The lowest BCUT2D eigenvalue weighted by atomic mass is 9.96. The lowest BCUT2D eigenvalue weighted by Crippen LogP contribution is -2.33. The van der Waals surface area contributed by atoms with Crippen LogP contribution >= 0.6 is 0 Å². The van der Waals surface area contributed by atoms with Gasteiger partial charge in [-0.1, -0.05) is 60.2 Å². The molecule has 2 nitrogen and oxygen atoms in total. The Kier molecular flexibility index (Phi) is 3.78. The quantitative estimate of drug-likeness (QED) is 0.893. The summed E-state index contributed by atoms with van der Waals surface area (Å²) in [7, 11) is 0. The van der Waals surface area contributed by atoms with Gasteiger partial charge in [-0.15, -0.1) is 0 Å². The summed E-state index contributed by atoms with van der Waals surface area (Å²) in [6.45, 7) is 2.80. The minimum Gasteiger partial charge on any atom is -0.355 e. The highest BCUT2D eigenvalue weighted by molar-refractivity contribution is 5.78. The van der Waals surface area contributed by atoms with Crippen molar-refractivity contribution in [3.63, 3.8) is 0 Å². The van der Waals surface area contributed by atoms with Gasteiger partial charge in [0.2, 0.25) is 5.91 Å². The van der Waals surface area contributed by atoms with E-state index in [9.17, 15) is 4.79 Å². The Hall–Kier alpha value is -2.09. The molecule has 2 heteroatoms. The second kappa shape index (κ2) is 5.72. The first-order valence-electron chi connectivity index (χ1n) is 7.56. The maximum Gasteiger partial charge on any atom is 0.224 e. The number of carbonyl (C=O) groups is 1. The number of amides is 1. The molecule has 3 rings (SSSR count). The summed E-state index contributed by atoms with van der Waals surface area (Å²) >= 11 is 0. The van der Waals surface area contributed by atoms with Crippen LogP contribution in [0.1, 0.15) is 29.5 Å². The predicted octanol–water partition coefficient (Wildman–Crippen LogP) is 3.39. The first kappa shape index (κ1) is 13.9. The van der Waals surface area contributed by atoms with E-state index in [0.29, 0.717) is 6.42 Å². The molecule has 0 saturated heterocycles. The fourth-order valence-electron chi connectivity index (χ4n) is 2.85. The third-order valence-corrected chi connectivity index (χ3v) is 4.31. The van der Waals surface area contributed by atoms with Crippen molar-refractivity contribution in [1.29, 1.82) is 0 Å². The largest absolute Gasteiger partial charge is 0.355 e. The highest BCUT2D eigenvalue weighted by Crippen LogP contribution is 2.47. The molecule has 1 saturated carbocycles. The second-order valence-corrected chi connectivity index (χ2v) is 6.09. The van der Waals surface area contributed by atoms with E-state index < -0.39 is 0 Å². The SMILES string of the molecule is Cc1cccc(CC(=O)NCC2(c3ccccc3)CC2)c1. The zero-order valence-corrected chi connectivity index (χ0v) is 12.4. The van der Waals surface area contributed by atoms with E-state index >= 15 is 0 Å². The van der Waals surface area contributed by atoms with Crippen LogP contribution in [0.15, 0.2) is 54.6 Å². The summed E-state index contributed by atoms with van der Waals surface area (Å²) in [5.74, 6) is 0.114. The average Bonchev–Trinajstić information content (AvgIpc) is 3.27. The Morgan fingerprint density at radius 1 is 1.10 bits per heavy atom. The Bertz CT molecular complexity index is 629. The van der Waals surface area contributed by atoms with Gasteiger partial charge in [-0.3, -0.25) is 4.79 Å². The summed E-state index contributed by atoms with van der Waals surface area (Å²) in [6, 6.07) is 18.7. The summed E-state index contributed by atoms with van der Waals surface area (Å²) in [5, 5.41) is 3.11. The number of hydrogen-bond donors (Lipinski definition) is 1. The summed E-state index contributed by atoms with van der Waals surface area (Å²) in [6.07, 6.45) is 2.80. The maximum atomic E-state index is 12.1. The summed E-state index contributed by atoms with van der Waals surface area (Å²) < 4.78 is 0. The third-order valence-electron chi connectivity index (χ3n) is 4.31. The molecule has 1 fully saturated rings. The van der Waals surface area contributed by atoms with Crippen LogP contribution in [0.5, 0.6) is 0 Å². The molecule has 0 bridgehead atoms. The van der Waals surface area contributed by atoms with Gasteiger partial charge in [0, 0.05) is 12.0 Å². The summed E-state index contributed by atoms with van der Waals surface area (Å²) in [5.41, 5.74) is 3.81. The molecule has 108 valence electrons. The van der Waals surface area contributed by atoms with Gasteiger partial charge in [0.25, 0.3) is 0 Å². The molecule has 1 amide bonds. The molecule has 1 aliphatic rings. The van der Waals surface area contributed by atoms with Crippen LogP contribution in [-0.2, 0) is 16.6 Å². The van der Waals surface area contributed by atoms with Crippen molar-refractivity contribution in [1.82, 2.24) is 5.32 Å². The van der Waals surface area contributed by atoms with Crippen LogP contribution in [0.4, 0.5) is 0 Å². The topological polar surface area (TPSA) is 29.1 Å². The molecular formula is C19H21NO. The van der Waals surface area contributed by atoms with Gasteiger partial charge in [0.05, 0.1) is 6.42 Å². The molecule has 0 atom stereocenters. The van der Waals surface area contributed by atoms with Crippen molar-refractivity contribution >= 4 is 5.91 Å². The average molecular weight is 279 g/mol. The van der Waals surface area contributed by atoms with Crippen molar-refractivity contribution in [2.45, 2.75) is 31.6 Å². The van der Waals surface area contributed by atoms with E-state index in [1.807, 2.05) is 18.2 Å². The molecule has 2 aromatic rings. The van der Waals surface area contributed by atoms with Crippen LogP contribution in [-0.4, -0.2) is 12.5 Å². The number of rotatable bonds is 5. The molecule has 0 aromatic heterocycles. The molecule has 0 heterocycles. The number of hydrogen-bond acceptors (Lipinski definition) is 1. The van der Waals surface area contributed by atoms with Gasteiger partial charge in [-0.25, -0.2) is 0 Å². The molecule has 0 unspecified atom stereocenters. The van der Waals surface area contributed by atoms with Crippen LogP contribution < -0.4 is 5.32 Å². The standard InChI is InChI=1S/C19H21NO/c1-15-6-5-7-16(12-15)13-18(21)20-14-19(10-11-19)17-8-3-2-4-9-17/h2-9,12H,10-11,13-14H2,1H3,(H,20,21). The van der Waals surface area contributed by atoms with Crippen molar-refractivity contribution in [3.05, 3.63) is 71.3 Å². The van der Waals surface area contributed by atoms with Crippen molar-refractivity contribution in [2.75, 3.05) is 6.54 Å². The number of benzene rings is 2. The maximum absolute atomic E-state index is 12.1. The van der Waals surface area contributed by atoms with Crippen LogP contribution in [0.25, 0.3) is 0 Å². The van der Waals surface area contributed by atoms with Crippen LogP contribution in [0.3, 0.4) is 0 Å². The number of aryl methyl sites for hydroxylation is 1. The fraction of sp³-hybridized carbons (Fsp3) is 0.316. The highest BCUT2D eigenvalue weighted by Gasteiger charge is 2.44. The molecule has 0 aliphatic heterocycles. The Labute approximate surface area is 126 Å². The van der Waals surface area contributed by atoms with Gasteiger partial charge in [-0.2, -0.15) is 0 Å². The van der Waals surface area contributed by atoms with E-state index in [1.54, 1.807) is 0 Å². The molecule has 21 heavy (non-hydrogen) atoms. The van der Waals surface area contributed by atoms with Gasteiger partial charge >= 0.3 is 0 Å². The lowest BCUT2D eigenvalue weighted by Gasteiger charge is -2.16. The molecule has 0 spiro atoms. The van der Waals surface area contributed by atoms with Crippen molar-refractivity contribution < 1.29 is 4.79 Å². The minimum absolute atomic E-state index is 0.114. The van der Waals surface area contributed by atoms with Crippen molar-refractivity contribution in [3.8, 4) is 0 Å². The summed E-state index contributed by atoms with van der Waals surface area (Å²) in [4.78, 5) is 12.1. The van der Waals surface area contributed by atoms with E-state index in [4.69, 9.17) is 0 Å². The first-order valence-corrected chi connectivity index (χ1v) is 7.56. The van der Waals surface area contributed by atoms with Gasteiger partial charge < -0.3 is 5.32 Å². The lowest BCUT2D eigenvalue weighted by molar-refractivity contribution is -0.120. The monoisotopic (exact) mass is 279 g/mol. The van der Waals surface area contributed by atoms with Crippen LogP contribution in [0.2, 0.25) is 0 Å². The normalized spacial score (nSPS) is 15.5. The first-order chi connectivity index (χ1) is 10.2. The minimum atomic E-state index is 0.114. The number of carbonyl (C=O) groups excluding carboxylic acids is 1. The predicted molar refractivity (Wildman–Crippen MR) is 85.2 cm³/mol. The zero-order chi connectivity index (χ0) is 14.7.